The minimum absolute atomic E-state index is 0.395. The maximum atomic E-state index is 14.0. The molecule has 0 aromatic rings. The maximum absolute atomic E-state index is 14.0. The summed E-state index contributed by atoms with van der Waals surface area (Å²) >= 11 is 0. The van der Waals surface area contributed by atoms with Gasteiger partial charge in [0.15, 0.2) is 0 Å². The number of alkyl halides is 2. The molecule has 2 saturated heterocycles. The van der Waals surface area contributed by atoms with Gasteiger partial charge in [-0.15, -0.1) is 0 Å². The molecule has 2 fully saturated rings. The fraction of sp³-hybridized carbons (Fsp3) is 1.00. The Balaban J connectivity index is 1.93. The standard InChI is InChI=1S/C12H21B2F2N2O5P/c1-3-5-10(8(16)12(14)22-5)18-24(19,20)21-4-6-9(17-2)7(15)11(13)23-6/h5-12,17H,3-4H2,1-2H3,(H2,18,19,20)/t5-,6-,7?,8+,9+,10?,11?,12-/m1/s1. The zero-order valence-electron chi connectivity index (χ0n) is 13.5. The van der Waals surface area contributed by atoms with Crippen LogP contribution in [0.3, 0.4) is 0 Å². The van der Waals surface area contributed by atoms with Crippen LogP contribution < -0.4 is 10.4 Å². The largest absolute Gasteiger partial charge is 0.403 e. The van der Waals surface area contributed by atoms with Gasteiger partial charge in [0, 0.05) is 12.0 Å². The van der Waals surface area contributed by atoms with Crippen LogP contribution in [0.25, 0.3) is 0 Å². The molecule has 4 radical (unpaired) electrons. The summed E-state index contributed by atoms with van der Waals surface area (Å²) in [6.45, 7) is 1.34. The second kappa shape index (κ2) is 8.12. The van der Waals surface area contributed by atoms with Crippen LogP contribution in [0, 0.1) is 0 Å². The van der Waals surface area contributed by atoms with E-state index in [0.717, 1.165) is 0 Å². The van der Waals surface area contributed by atoms with E-state index in [1.165, 1.54) is 7.05 Å². The van der Waals surface area contributed by atoms with Crippen molar-refractivity contribution in [2.75, 3.05) is 13.7 Å². The van der Waals surface area contributed by atoms with Gasteiger partial charge in [-0.3, -0.25) is 4.52 Å². The van der Waals surface area contributed by atoms with Crippen LogP contribution in [0.15, 0.2) is 0 Å². The van der Waals surface area contributed by atoms with Gasteiger partial charge < -0.3 is 19.7 Å². The van der Waals surface area contributed by atoms with Crippen molar-refractivity contribution < 1.29 is 32.2 Å². The fourth-order valence-electron chi connectivity index (χ4n) is 2.93. The molecule has 134 valence electrons. The van der Waals surface area contributed by atoms with E-state index in [0.29, 0.717) is 6.42 Å². The first kappa shape index (κ1) is 20.3. The SMILES string of the molecule is [B]C1O[C@H](COP(=O)(O)NC2[C@@H](CC)O[C@@H]([B])[C@H]2F)[C@H](NC)C1F. The van der Waals surface area contributed by atoms with E-state index in [-0.39, 0.29) is 0 Å². The Labute approximate surface area is 142 Å². The van der Waals surface area contributed by atoms with E-state index in [4.69, 9.17) is 29.7 Å². The fourth-order valence-corrected chi connectivity index (χ4v) is 4.04. The normalized spacial score (nSPS) is 45.4. The molecular formula is C12H21B2F2N2O5P. The topological polar surface area (TPSA) is 89.1 Å². The Morgan fingerprint density at radius 1 is 1.17 bits per heavy atom. The molecule has 7 nitrogen and oxygen atoms in total. The molecule has 24 heavy (non-hydrogen) atoms. The summed E-state index contributed by atoms with van der Waals surface area (Å²) in [6, 6.07) is -4.19. The van der Waals surface area contributed by atoms with Crippen molar-refractivity contribution in [3.8, 4) is 0 Å². The van der Waals surface area contributed by atoms with Gasteiger partial charge in [0.1, 0.15) is 28.0 Å². The van der Waals surface area contributed by atoms with Crippen molar-refractivity contribution >= 4 is 23.4 Å². The third kappa shape index (κ3) is 4.38. The van der Waals surface area contributed by atoms with Gasteiger partial charge in [0.25, 0.3) is 0 Å². The molecule has 4 unspecified atom stereocenters. The highest BCUT2D eigenvalue weighted by molar-refractivity contribution is 7.50. The predicted molar refractivity (Wildman–Crippen MR) is 84.5 cm³/mol. The number of halogens is 2. The Hall–Kier alpha value is -0.0201. The lowest BCUT2D eigenvalue weighted by molar-refractivity contribution is 0.0341. The predicted octanol–water partition coefficient (Wildman–Crippen LogP) is -0.477. The summed E-state index contributed by atoms with van der Waals surface area (Å²) in [7, 11) is 8.05. The monoisotopic (exact) mass is 364 g/mol. The van der Waals surface area contributed by atoms with Crippen LogP contribution in [0.1, 0.15) is 13.3 Å². The Morgan fingerprint density at radius 2 is 1.71 bits per heavy atom. The van der Waals surface area contributed by atoms with Crippen molar-refractivity contribution in [3.05, 3.63) is 0 Å². The smallest absolute Gasteiger partial charge is 0.380 e. The van der Waals surface area contributed by atoms with Gasteiger partial charge in [-0.2, -0.15) is 0 Å². The zero-order valence-corrected chi connectivity index (χ0v) is 14.4. The summed E-state index contributed by atoms with van der Waals surface area (Å²) in [5.74, 6) is 0. The Bertz CT molecular complexity index is 483. The van der Waals surface area contributed by atoms with Gasteiger partial charge in [-0.05, 0) is 13.5 Å². The van der Waals surface area contributed by atoms with E-state index < -0.39 is 63.0 Å². The van der Waals surface area contributed by atoms with E-state index in [2.05, 4.69) is 10.4 Å². The van der Waals surface area contributed by atoms with E-state index in [1.54, 1.807) is 6.92 Å². The summed E-state index contributed by atoms with van der Waals surface area (Å²) in [5.41, 5.74) is 0. The average Bonchev–Trinajstić information content (AvgIpc) is 2.95. The number of nitrogens with one attached hydrogen (secondary N) is 2. The molecular weight excluding hydrogens is 343 g/mol. The highest BCUT2D eigenvalue weighted by Crippen LogP contribution is 2.41. The van der Waals surface area contributed by atoms with Crippen LogP contribution in [0.4, 0.5) is 8.78 Å². The molecule has 0 aliphatic carbocycles. The van der Waals surface area contributed by atoms with E-state index in [1.807, 2.05) is 0 Å². The molecule has 0 saturated carbocycles. The summed E-state index contributed by atoms with van der Waals surface area (Å²) < 4.78 is 55.2. The molecule has 0 aromatic heterocycles. The second-order valence-corrected chi connectivity index (χ2v) is 7.42. The Kier molecular flexibility index (Phi) is 6.86. The van der Waals surface area contributed by atoms with Gasteiger partial charge in [-0.25, -0.2) is 18.4 Å². The first-order valence-corrected chi connectivity index (χ1v) is 9.30. The lowest BCUT2D eigenvalue weighted by atomic mass is 9.93. The molecule has 2 rings (SSSR count). The number of rotatable bonds is 7. The van der Waals surface area contributed by atoms with Crippen molar-refractivity contribution in [1.82, 2.24) is 10.4 Å². The van der Waals surface area contributed by atoms with E-state index in [9.17, 15) is 18.2 Å². The van der Waals surface area contributed by atoms with Crippen LogP contribution in [-0.2, 0) is 18.6 Å². The second-order valence-electron chi connectivity index (χ2n) is 5.86. The first-order chi connectivity index (χ1) is 11.2. The third-order valence-corrected chi connectivity index (χ3v) is 5.36. The minimum atomic E-state index is -4.38. The molecule has 0 aromatic carbocycles. The van der Waals surface area contributed by atoms with Crippen LogP contribution in [0.5, 0.6) is 0 Å². The molecule has 2 aliphatic heterocycles. The number of likely N-dealkylation sites (N-methyl/N-ethyl adjacent to an activating group) is 1. The van der Waals surface area contributed by atoms with Crippen molar-refractivity contribution in [2.45, 2.75) is 62.0 Å². The van der Waals surface area contributed by atoms with Crippen LogP contribution in [0.2, 0.25) is 0 Å². The van der Waals surface area contributed by atoms with Gasteiger partial charge in [0.05, 0.1) is 30.9 Å². The molecule has 2 aliphatic rings. The highest BCUT2D eigenvalue weighted by Gasteiger charge is 2.46. The van der Waals surface area contributed by atoms with Gasteiger partial charge in [0.2, 0.25) is 0 Å². The van der Waals surface area contributed by atoms with E-state index >= 15 is 0 Å². The number of ether oxygens (including phenoxy) is 2. The van der Waals surface area contributed by atoms with Gasteiger partial charge in [-0.1, -0.05) is 6.92 Å². The third-order valence-electron chi connectivity index (χ3n) is 4.24. The molecule has 3 N–H and O–H groups in total. The van der Waals surface area contributed by atoms with Crippen molar-refractivity contribution in [3.63, 3.8) is 0 Å². The maximum Gasteiger partial charge on any atom is 0.403 e. The molecule has 0 spiro atoms. The first-order valence-electron chi connectivity index (χ1n) is 7.72. The highest BCUT2D eigenvalue weighted by atomic mass is 31.2. The Morgan fingerprint density at radius 3 is 2.25 bits per heavy atom. The quantitative estimate of drug-likeness (QED) is 0.416. The summed E-state index contributed by atoms with van der Waals surface area (Å²) in [5, 5.41) is 4.91. The molecule has 0 bridgehead atoms. The lowest BCUT2D eigenvalue weighted by Gasteiger charge is -2.25. The number of hydrogen-bond donors (Lipinski definition) is 3. The van der Waals surface area contributed by atoms with Crippen LogP contribution >= 0.6 is 7.75 Å². The van der Waals surface area contributed by atoms with Crippen molar-refractivity contribution in [1.29, 1.82) is 0 Å². The summed E-state index contributed by atoms with van der Waals surface area (Å²) in [6.07, 6.45) is -4.24. The van der Waals surface area contributed by atoms with Crippen LogP contribution in [-0.4, -0.2) is 82.9 Å². The molecule has 12 heteroatoms. The minimum Gasteiger partial charge on any atom is -0.380 e. The van der Waals surface area contributed by atoms with Gasteiger partial charge >= 0.3 is 7.75 Å². The molecule has 9 atom stereocenters. The van der Waals surface area contributed by atoms with Crippen molar-refractivity contribution in [2.24, 2.45) is 0 Å². The zero-order chi connectivity index (χ0) is 18.1. The molecule has 2 heterocycles. The average molecular weight is 364 g/mol. The lowest BCUT2D eigenvalue weighted by Crippen LogP contribution is -2.44. The summed E-state index contributed by atoms with van der Waals surface area (Å²) in [4.78, 5) is 9.90. The molecule has 0 amide bonds. The number of hydrogen-bond acceptors (Lipinski definition) is 5.